The topological polar surface area (TPSA) is 78.4 Å². The standard InChI is InChI=1S/C8H16N2O3S/c1-3-9-8(13)10-7(12)6(2)14-5-4-11/h6,11H,3-5H2,1-2H3,(H2,9,10,12,13). The third-order valence-electron chi connectivity index (χ3n) is 1.40. The summed E-state index contributed by atoms with van der Waals surface area (Å²) in [7, 11) is 0. The van der Waals surface area contributed by atoms with Crippen molar-refractivity contribution in [1.82, 2.24) is 10.6 Å². The summed E-state index contributed by atoms with van der Waals surface area (Å²) in [6, 6.07) is -0.478. The first kappa shape index (κ1) is 13.2. The number of carbonyl (C=O) groups excluding carboxylic acids is 2. The van der Waals surface area contributed by atoms with E-state index in [2.05, 4.69) is 10.6 Å². The molecular formula is C8H16N2O3S. The van der Waals surface area contributed by atoms with Crippen molar-refractivity contribution in [2.24, 2.45) is 0 Å². The minimum atomic E-state index is -0.478. The summed E-state index contributed by atoms with van der Waals surface area (Å²) < 4.78 is 0. The van der Waals surface area contributed by atoms with Gasteiger partial charge in [-0.2, -0.15) is 0 Å². The number of aliphatic hydroxyl groups is 1. The summed E-state index contributed by atoms with van der Waals surface area (Å²) in [5.41, 5.74) is 0. The number of rotatable bonds is 5. The van der Waals surface area contributed by atoms with Gasteiger partial charge in [0.1, 0.15) is 0 Å². The molecule has 0 aliphatic rings. The Morgan fingerprint density at radius 3 is 2.64 bits per heavy atom. The van der Waals surface area contributed by atoms with Crippen LogP contribution in [0.3, 0.4) is 0 Å². The Labute approximate surface area is 87.6 Å². The van der Waals surface area contributed by atoms with Crippen molar-refractivity contribution >= 4 is 23.7 Å². The lowest BCUT2D eigenvalue weighted by molar-refractivity contribution is -0.119. The minimum Gasteiger partial charge on any atom is -0.396 e. The van der Waals surface area contributed by atoms with Crippen LogP contribution in [0.25, 0.3) is 0 Å². The average molecular weight is 220 g/mol. The minimum absolute atomic E-state index is 0.0312. The fraction of sp³-hybridized carbons (Fsp3) is 0.750. The zero-order valence-corrected chi connectivity index (χ0v) is 9.19. The van der Waals surface area contributed by atoms with Crippen molar-refractivity contribution < 1.29 is 14.7 Å². The quantitative estimate of drug-likeness (QED) is 0.607. The molecule has 0 aromatic rings. The summed E-state index contributed by atoms with van der Waals surface area (Å²) in [6.45, 7) is 3.98. The van der Waals surface area contributed by atoms with Crippen LogP contribution >= 0.6 is 11.8 Å². The molecule has 0 radical (unpaired) electrons. The Kier molecular flexibility index (Phi) is 7.23. The molecule has 82 valence electrons. The van der Waals surface area contributed by atoms with Crippen LogP contribution in [0.5, 0.6) is 0 Å². The molecule has 5 nitrogen and oxygen atoms in total. The second kappa shape index (κ2) is 7.64. The van der Waals surface area contributed by atoms with E-state index in [0.717, 1.165) is 0 Å². The molecule has 0 bridgehead atoms. The van der Waals surface area contributed by atoms with Crippen molar-refractivity contribution in [3.05, 3.63) is 0 Å². The third kappa shape index (κ3) is 5.82. The number of thioether (sulfide) groups is 1. The van der Waals surface area contributed by atoms with E-state index in [1.54, 1.807) is 13.8 Å². The van der Waals surface area contributed by atoms with Crippen molar-refractivity contribution in [3.8, 4) is 0 Å². The fourth-order valence-electron chi connectivity index (χ4n) is 0.723. The van der Waals surface area contributed by atoms with Crippen molar-refractivity contribution in [3.63, 3.8) is 0 Å². The molecule has 0 aliphatic carbocycles. The summed E-state index contributed by atoms with van der Waals surface area (Å²) in [6.07, 6.45) is 0. The molecule has 0 aromatic carbocycles. The number of carbonyl (C=O) groups is 2. The first-order chi connectivity index (χ1) is 6.61. The van der Waals surface area contributed by atoms with E-state index in [1.165, 1.54) is 11.8 Å². The highest BCUT2D eigenvalue weighted by Crippen LogP contribution is 2.08. The number of hydrogen-bond donors (Lipinski definition) is 3. The van der Waals surface area contributed by atoms with E-state index in [1.807, 2.05) is 0 Å². The molecule has 0 rings (SSSR count). The van der Waals surface area contributed by atoms with Crippen LogP contribution in [0.15, 0.2) is 0 Å². The Balaban J connectivity index is 3.76. The SMILES string of the molecule is CCNC(=O)NC(=O)C(C)SCCO. The number of nitrogens with one attached hydrogen (secondary N) is 2. The predicted octanol–water partition coefficient (Wildman–Crippen LogP) is -0.0539. The van der Waals surface area contributed by atoms with Gasteiger partial charge in [-0.15, -0.1) is 11.8 Å². The van der Waals surface area contributed by atoms with Crippen LogP contribution in [0.2, 0.25) is 0 Å². The van der Waals surface area contributed by atoms with Crippen LogP contribution in [0.4, 0.5) is 4.79 Å². The number of urea groups is 1. The van der Waals surface area contributed by atoms with Gasteiger partial charge in [-0.1, -0.05) is 0 Å². The van der Waals surface area contributed by atoms with E-state index in [-0.39, 0.29) is 17.8 Å². The van der Waals surface area contributed by atoms with Crippen molar-refractivity contribution in [2.75, 3.05) is 18.9 Å². The molecule has 14 heavy (non-hydrogen) atoms. The molecule has 0 saturated heterocycles. The highest BCUT2D eigenvalue weighted by Gasteiger charge is 2.14. The molecule has 0 heterocycles. The number of imide groups is 1. The molecule has 0 saturated carbocycles. The summed E-state index contributed by atoms with van der Waals surface area (Å²) >= 11 is 1.30. The van der Waals surface area contributed by atoms with Crippen molar-refractivity contribution in [2.45, 2.75) is 19.1 Å². The zero-order chi connectivity index (χ0) is 11.0. The van der Waals surface area contributed by atoms with Crippen LogP contribution in [0.1, 0.15) is 13.8 Å². The molecular weight excluding hydrogens is 204 g/mol. The molecule has 1 unspecified atom stereocenters. The number of hydrogen-bond acceptors (Lipinski definition) is 4. The second-order valence-electron chi connectivity index (χ2n) is 2.59. The highest BCUT2D eigenvalue weighted by molar-refractivity contribution is 8.00. The second-order valence-corrected chi connectivity index (χ2v) is 4.03. The van der Waals surface area contributed by atoms with Gasteiger partial charge in [0.15, 0.2) is 0 Å². The highest BCUT2D eigenvalue weighted by atomic mass is 32.2. The average Bonchev–Trinajstić information content (AvgIpc) is 2.14. The van der Waals surface area contributed by atoms with Crippen LogP contribution in [0, 0.1) is 0 Å². The Hall–Kier alpha value is -0.750. The zero-order valence-electron chi connectivity index (χ0n) is 8.37. The van der Waals surface area contributed by atoms with E-state index in [9.17, 15) is 9.59 Å². The van der Waals surface area contributed by atoms with Gasteiger partial charge in [0.25, 0.3) is 0 Å². The molecule has 3 amide bonds. The van der Waals surface area contributed by atoms with Gasteiger partial charge in [-0.25, -0.2) is 4.79 Å². The number of aliphatic hydroxyl groups excluding tert-OH is 1. The molecule has 0 fully saturated rings. The van der Waals surface area contributed by atoms with E-state index < -0.39 is 6.03 Å². The summed E-state index contributed by atoms with van der Waals surface area (Å²) in [5, 5.41) is 12.9. The van der Waals surface area contributed by atoms with Crippen LogP contribution < -0.4 is 10.6 Å². The smallest absolute Gasteiger partial charge is 0.321 e. The normalized spacial score (nSPS) is 11.9. The first-order valence-electron chi connectivity index (χ1n) is 4.43. The molecule has 1 atom stereocenters. The summed E-state index contributed by atoms with van der Waals surface area (Å²) in [5.74, 6) is 0.152. The summed E-state index contributed by atoms with van der Waals surface area (Å²) in [4.78, 5) is 22.2. The van der Waals surface area contributed by atoms with Gasteiger partial charge >= 0.3 is 6.03 Å². The molecule has 0 spiro atoms. The lowest BCUT2D eigenvalue weighted by atomic mass is 10.4. The van der Waals surface area contributed by atoms with E-state index in [0.29, 0.717) is 12.3 Å². The first-order valence-corrected chi connectivity index (χ1v) is 5.47. The number of amides is 3. The third-order valence-corrected chi connectivity index (χ3v) is 2.53. The van der Waals surface area contributed by atoms with Gasteiger partial charge in [0.2, 0.25) is 5.91 Å². The van der Waals surface area contributed by atoms with Crippen LogP contribution in [-0.2, 0) is 4.79 Å². The van der Waals surface area contributed by atoms with Crippen LogP contribution in [-0.4, -0.2) is 41.2 Å². The fourth-order valence-corrected chi connectivity index (χ4v) is 1.39. The van der Waals surface area contributed by atoms with Gasteiger partial charge in [-0.05, 0) is 13.8 Å². The Bertz CT molecular complexity index is 199. The van der Waals surface area contributed by atoms with E-state index >= 15 is 0 Å². The molecule has 3 N–H and O–H groups in total. The van der Waals surface area contributed by atoms with Crippen molar-refractivity contribution in [1.29, 1.82) is 0 Å². The lowest BCUT2D eigenvalue weighted by Crippen LogP contribution is -2.42. The largest absolute Gasteiger partial charge is 0.396 e. The predicted molar refractivity (Wildman–Crippen MR) is 56.2 cm³/mol. The maximum atomic E-state index is 11.3. The van der Waals surface area contributed by atoms with Gasteiger partial charge in [0, 0.05) is 12.3 Å². The molecule has 0 aliphatic heterocycles. The van der Waals surface area contributed by atoms with Gasteiger partial charge in [-0.3, -0.25) is 10.1 Å². The lowest BCUT2D eigenvalue weighted by Gasteiger charge is -2.10. The van der Waals surface area contributed by atoms with Gasteiger partial charge in [0.05, 0.1) is 11.9 Å². The van der Waals surface area contributed by atoms with Gasteiger partial charge < -0.3 is 10.4 Å². The maximum Gasteiger partial charge on any atom is 0.321 e. The Morgan fingerprint density at radius 2 is 2.14 bits per heavy atom. The Morgan fingerprint density at radius 1 is 1.50 bits per heavy atom. The molecule has 0 aromatic heterocycles. The monoisotopic (exact) mass is 220 g/mol. The molecule has 6 heteroatoms. The van der Waals surface area contributed by atoms with E-state index in [4.69, 9.17) is 5.11 Å². The maximum absolute atomic E-state index is 11.3.